The van der Waals surface area contributed by atoms with Crippen LogP contribution in [0.1, 0.15) is 0 Å². The van der Waals surface area contributed by atoms with Gasteiger partial charge in [-0.05, 0) is 36.4 Å². The Morgan fingerprint density at radius 3 is 1.42 bits per heavy atom. The van der Waals surface area contributed by atoms with Gasteiger partial charge in [0.15, 0.2) is 0 Å². The van der Waals surface area contributed by atoms with Crippen molar-refractivity contribution in [2.75, 3.05) is 0 Å². The summed E-state index contributed by atoms with van der Waals surface area (Å²) in [6.07, 6.45) is 0. The van der Waals surface area contributed by atoms with E-state index in [2.05, 4.69) is 0 Å². The SMILES string of the molecule is Clc1cccc(-c2nc3ccccc3nc2-c2cccc(Cl)c2)c1. The molecule has 4 heteroatoms. The van der Waals surface area contributed by atoms with Crippen molar-refractivity contribution in [2.24, 2.45) is 0 Å². The molecule has 0 saturated heterocycles. The minimum Gasteiger partial charge on any atom is -0.244 e. The van der Waals surface area contributed by atoms with Crippen LogP contribution in [0, 0.1) is 0 Å². The Kier molecular flexibility index (Phi) is 3.93. The predicted molar refractivity (Wildman–Crippen MR) is 100 cm³/mol. The van der Waals surface area contributed by atoms with Crippen LogP contribution in [-0.2, 0) is 0 Å². The summed E-state index contributed by atoms with van der Waals surface area (Å²) in [4.78, 5) is 9.66. The molecule has 0 amide bonds. The van der Waals surface area contributed by atoms with E-state index in [-0.39, 0.29) is 0 Å². The van der Waals surface area contributed by atoms with Crippen LogP contribution in [0.15, 0.2) is 72.8 Å². The minimum absolute atomic E-state index is 0.666. The van der Waals surface area contributed by atoms with E-state index >= 15 is 0 Å². The Hall–Kier alpha value is -2.42. The zero-order chi connectivity index (χ0) is 16.5. The van der Waals surface area contributed by atoms with Gasteiger partial charge in [-0.1, -0.05) is 59.6 Å². The van der Waals surface area contributed by atoms with E-state index in [0.717, 1.165) is 33.5 Å². The summed E-state index contributed by atoms with van der Waals surface area (Å²) in [5.41, 5.74) is 5.12. The van der Waals surface area contributed by atoms with Gasteiger partial charge >= 0.3 is 0 Å². The third-order valence-electron chi connectivity index (χ3n) is 3.77. The summed E-state index contributed by atoms with van der Waals surface area (Å²) in [6.45, 7) is 0. The van der Waals surface area contributed by atoms with E-state index in [1.54, 1.807) is 0 Å². The van der Waals surface area contributed by atoms with Crippen LogP contribution in [-0.4, -0.2) is 9.97 Å². The topological polar surface area (TPSA) is 25.8 Å². The van der Waals surface area contributed by atoms with Crippen molar-refractivity contribution in [1.29, 1.82) is 0 Å². The van der Waals surface area contributed by atoms with E-state index in [9.17, 15) is 0 Å². The van der Waals surface area contributed by atoms with Crippen LogP contribution in [0.4, 0.5) is 0 Å². The first kappa shape index (κ1) is 15.1. The Morgan fingerprint density at radius 2 is 1.00 bits per heavy atom. The Balaban J connectivity index is 2.04. The second-order valence-corrected chi connectivity index (χ2v) is 6.30. The molecule has 24 heavy (non-hydrogen) atoms. The van der Waals surface area contributed by atoms with Crippen molar-refractivity contribution >= 4 is 34.2 Å². The van der Waals surface area contributed by atoms with E-state index in [1.165, 1.54) is 0 Å². The summed E-state index contributed by atoms with van der Waals surface area (Å²) in [6, 6.07) is 23.1. The maximum atomic E-state index is 6.17. The average molecular weight is 351 g/mol. The summed E-state index contributed by atoms with van der Waals surface area (Å²) < 4.78 is 0. The number of halogens is 2. The van der Waals surface area contributed by atoms with Gasteiger partial charge in [0.1, 0.15) is 0 Å². The van der Waals surface area contributed by atoms with Gasteiger partial charge in [-0.25, -0.2) is 9.97 Å². The number of hydrogen-bond donors (Lipinski definition) is 0. The Morgan fingerprint density at radius 1 is 0.542 bits per heavy atom. The van der Waals surface area contributed by atoms with Crippen LogP contribution in [0.3, 0.4) is 0 Å². The number of nitrogens with zero attached hydrogens (tertiary/aromatic N) is 2. The average Bonchev–Trinajstić information content (AvgIpc) is 2.60. The van der Waals surface area contributed by atoms with Crippen LogP contribution in [0.2, 0.25) is 10.0 Å². The summed E-state index contributed by atoms with van der Waals surface area (Å²) >= 11 is 12.3. The molecular formula is C20H12Cl2N2. The van der Waals surface area contributed by atoms with Gasteiger partial charge in [-0.2, -0.15) is 0 Å². The highest BCUT2D eigenvalue weighted by atomic mass is 35.5. The van der Waals surface area contributed by atoms with Crippen LogP contribution < -0.4 is 0 Å². The first-order chi connectivity index (χ1) is 11.7. The van der Waals surface area contributed by atoms with Gasteiger partial charge in [-0.15, -0.1) is 0 Å². The molecule has 3 aromatic carbocycles. The molecule has 0 bridgehead atoms. The molecule has 0 saturated carbocycles. The van der Waals surface area contributed by atoms with Crippen molar-refractivity contribution in [2.45, 2.75) is 0 Å². The molecule has 0 atom stereocenters. The van der Waals surface area contributed by atoms with E-state index < -0.39 is 0 Å². The lowest BCUT2D eigenvalue weighted by molar-refractivity contribution is 1.29. The standard InChI is InChI=1S/C20H12Cl2N2/c21-15-7-3-5-13(11-15)19-20(14-6-4-8-16(22)12-14)24-18-10-2-1-9-17(18)23-19/h1-12H. The molecule has 1 aromatic heterocycles. The molecule has 0 aliphatic rings. The maximum absolute atomic E-state index is 6.17. The van der Waals surface area contributed by atoms with Gasteiger partial charge < -0.3 is 0 Å². The normalized spacial score (nSPS) is 10.9. The third kappa shape index (κ3) is 2.86. The summed E-state index contributed by atoms with van der Waals surface area (Å²) in [5, 5.41) is 1.33. The monoisotopic (exact) mass is 350 g/mol. The number of para-hydroxylation sites is 2. The molecule has 0 fully saturated rings. The zero-order valence-electron chi connectivity index (χ0n) is 12.6. The Labute approximate surface area is 149 Å². The maximum Gasteiger partial charge on any atom is 0.0973 e. The van der Waals surface area contributed by atoms with E-state index in [0.29, 0.717) is 10.0 Å². The fraction of sp³-hybridized carbons (Fsp3) is 0. The predicted octanol–water partition coefficient (Wildman–Crippen LogP) is 6.27. The lowest BCUT2D eigenvalue weighted by Crippen LogP contribution is -1.95. The molecule has 0 N–H and O–H groups in total. The number of rotatable bonds is 2. The van der Waals surface area contributed by atoms with Crippen LogP contribution >= 0.6 is 23.2 Å². The third-order valence-corrected chi connectivity index (χ3v) is 4.24. The lowest BCUT2D eigenvalue weighted by Gasteiger charge is -2.11. The second kappa shape index (κ2) is 6.23. The van der Waals surface area contributed by atoms with Crippen molar-refractivity contribution in [3.05, 3.63) is 82.8 Å². The molecule has 0 aliphatic carbocycles. The van der Waals surface area contributed by atoms with Crippen molar-refractivity contribution in [3.63, 3.8) is 0 Å². The van der Waals surface area contributed by atoms with Crippen LogP contribution in [0.25, 0.3) is 33.5 Å². The highest BCUT2D eigenvalue weighted by molar-refractivity contribution is 6.31. The molecule has 2 nitrogen and oxygen atoms in total. The van der Waals surface area contributed by atoms with Gasteiger partial charge in [0.2, 0.25) is 0 Å². The number of aromatic nitrogens is 2. The van der Waals surface area contributed by atoms with Crippen molar-refractivity contribution in [3.8, 4) is 22.5 Å². The van der Waals surface area contributed by atoms with Crippen molar-refractivity contribution in [1.82, 2.24) is 9.97 Å². The molecule has 0 aliphatic heterocycles. The molecule has 0 spiro atoms. The van der Waals surface area contributed by atoms with Gasteiger partial charge in [0.25, 0.3) is 0 Å². The summed E-state index contributed by atoms with van der Waals surface area (Å²) in [5.74, 6) is 0. The molecule has 0 unspecified atom stereocenters. The molecule has 0 radical (unpaired) electrons. The number of hydrogen-bond acceptors (Lipinski definition) is 2. The molecule has 4 rings (SSSR count). The fourth-order valence-corrected chi connectivity index (χ4v) is 3.05. The highest BCUT2D eigenvalue weighted by Crippen LogP contribution is 2.32. The molecule has 1 heterocycles. The first-order valence-electron chi connectivity index (χ1n) is 7.49. The number of benzene rings is 3. The minimum atomic E-state index is 0.666. The van der Waals surface area contributed by atoms with E-state index in [4.69, 9.17) is 33.2 Å². The van der Waals surface area contributed by atoms with Crippen molar-refractivity contribution < 1.29 is 0 Å². The quantitative estimate of drug-likeness (QED) is 0.425. The van der Waals surface area contributed by atoms with Crippen LogP contribution in [0.5, 0.6) is 0 Å². The zero-order valence-corrected chi connectivity index (χ0v) is 14.1. The van der Waals surface area contributed by atoms with E-state index in [1.807, 2.05) is 72.8 Å². The highest BCUT2D eigenvalue weighted by Gasteiger charge is 2.13. The second-order valence-electron chi connectivity index (χ2n) is 5.43. The van der Waals surface area contributed by atoms with Gasteiger partial charge in [0.05, 0.1) is 22.4 Å². The number of fused-ring (bicyclic) bond motifs is 1. The first-order valence-corrected chi connectivity index (χ1v) is 8.25. The largest absolute Gasteiger partial charge is 0.244 e. The molecule has 116 valence electrons. The Bertz CT molecular complexity index is 960. The molecular weight excluding hydrogens is 339 g/mol. The smallest absolute Gasteiger partial charge is 0.0973 e. The fourth-order valence-electron chi connectivity index (χ4n) is 2.67. The summed E-state index contributed by atoms with van der Waals surface area (Å²) in [7, 11) is 0. The molecule has 4 aromatic rings. The van der Waals surface area contributed by atoms with Gasteiger partial charge in [-0.3, -0.25) is 0 Å². The van der Waals surface area contributed by atoms with Gasteiger partial charge in [0, 0.05) is 21.2 Å². The lowest BCUT2D eigenvalue weighted by atomic mass is 10.0.